The van der Waals surface area contributed by atoms with Crippen molar-refractivity contribution >= 4 is 19.7 Å². The molecule has 3 unspecified atom stereocenters. The third-order valence-corrected chi connectivity index (χ3v) is 16.8. The van der Waals surface area contributed by atoms with Crippen LogP contribution in [0.3, 0.4) is 0 Å². The fourth-order valence-electron chi connectivity index (χ4n) is 10.3. The second kappa shape index (κ2) is 64.2. The van der Waals surface area contributed by atoms with Crippen LogP contribution in [0.15, 0.2) is 85.1 Å². The van der Waals surface area contributed by atoms with E-state index in [0.29, 0.717) is 17.4 Å². The molecule has 0 aliphatic carbocycles. The van der Waals surface area contributed by atoms with E-state index in [2.05, 4.69) is 99.0 Å². The largest absolute Gasteiger partial charge is 0.756 e. The third kappa shape index (κ3) is 65.5. The van der Waals surface area contributed by atoms with Gasteiger partial charge in [0.15, 0.2) is 0 Å². The zero-order valence-corrected chi connectivity index (χ0v) is 57.4. The van der Waals surface area contributed by atoms with Crippen LogP contribution in [0, 0.1) is 0 Å². The summed E-state index contributed by atoms with van der Waals surface area (Å²) in [4.78, 5) is 40.2. The van der Waals surface area contributed by atoms with Crippen molar-refractivity contribution in [3.8, 4) is 0 Å². The molecule has 0 spiro atoms. The SMILES string of the molecule is CC/C=C\C/C=C\C/C=C\C/C=C\C/C=C\CCCCCCCCCCCC(=O)OC(/C=C/CCCCCCCCCCCCC)C(COP(=O)([O-])OCC[N+](C)(C)C)NC(=O)CCCCCCCCCCCCC/C=C/CCCCCCCC. The van der Waals surface area contributed by atoms with Crippen LogP contribution in [0.2, 0.25) is 0 Å². The number of carbonyl (C=O) groups is 2. The maximum atomic E-state index is 13.6. The van der Waals surface area contributed by atoms with Crippen LogP contribution >= 0.6 is 7.82 Å². The molecule has 0 bridgehead atoms. The Kier molecular flexibility index (Phi) is 62.1. The Morgan fingerprint density at radius 2 is 0.753 bits per heavy atom. The zero-order chi connectivity index (χ0) is 62.1. The molecule has 0 saturated carbocycles. The van der Waals surface area contributed by atoms with Crippen LogP contribution in [0.1, 0.15) is 329 Å². The molecule has 0 aliphatic heterocycles. The van der Waals surface area contributed by atoms with Gasteiger partial charge in [0.1, 0.15) is 19.3 Å². The number of rotatable bonds is 65. The molecule has 0 aromatic heterocycles. The number of carbonyl (C=O) groups excluding carboxylic acids is 2. The molecule has 0 heterocycles. The molecule has 0 aliphatic rings. The van der Waals surface area contributed by atoms with E-state index in [9.17, 15) is 19.0 Å². The highest BCUT2D eigenvalue weighted by Crippen LogP contribution is 2.38. The Morgan fingerprint density at radius 3 is 1.14 bits per heavy atom. The molecule has 3 atom stereocenters. The second-order valence-electron chi connectivity index (χ2n) is 25.4. The highest BCUT2D eigenvalue weighted by molar-refractivity contribution is 7.45. The van der Waals surface area contributed by atoms with Gasteiger partial charge in [-0.05, 0) is 102 Å². The summed E-state index contributed by atoms with van der Waals surface area (Å²) in [6.45, 7) is 6.76. The number of unbranched alkanes of at least 4 members (excludes halogenated alkanes) is 37. The lowest BCUT2D eigenvalue weighted by Crippen LogP contribution is -2.47. The van der Waals surface area contributed by atoms with Crippen molar-refractivity contribution in [3.63, 3.8) is 0 Å². The summed E-state index contributed by atoms with van der Waals surface area (Å²) in [5.74, 6) is -0.541. The number of ether oxygens (including phenoxy) is 1. The minimum absolute atomic E-state index is 0.0253. The molecule has 0 rings (SSSR count). The van der Waals surface area contributed by atoms with Crippen LogP contribution in [0.4, 0.5) is 0 Å². The van der Waals surface area contributed by atoms with Crippen molar-refractivity contribution < 1.29 is 37.3 Å². The van der Waals surface area contributed by atoms with E-state index < -0.39 is 26.6 Å². The molecule has 85 heavy (non-hydrogen) atoms. The predicted molar refractivity (Wildman–Crippen MR) is 367 cm³/mol. The number of quaternary nitrogens is 1. The molecular weight excluding hydrogens is 1070 g/mol. The minimum atomic E-state index is -4.71. The quantitative estimate of drug-likeness (QED) is 0.0212. The van der Waals surface area contributed by atoms with Crippen LogP contribution in [-0.4, -0.2) is 69.4 Å². The Bertz CT molecular complexity index is 1730. The number of phosphoric ester groups is 1. The number of amides is 1. The number of allylic oxidation sites excluding steroid dienone is 13. The van der Waals surface area contributed by atoms with Crippen molar-refractivity contribution in [3.05, 3.63) is 85.1 Å². The summed E-state index contributed by atoms with van der Waals surface area (Å²) < 4.78 is 30.5. The maximum absolute atomic E-state index is 13.6. The van der Waals surface area contributed by atoms with E-state index in [1.54, 1.807) is 0 Å². The minimum Gasteiger partial charge on any atom is -0.756 e. The van der Waals surface area contributed by atoms with Crippen LogP contribution in [-0.2, 0) is 27.9 Å². The third-order valence-electron chi connectivity index (χ3n) is 15.8. The smallest absolute Gasteiger partial charge is 0.306 e. The van der Waals surface area contributed by atoms with Gasteiger partial charge in [-0.2, -0.15) is 0 Å². The van der Waals surface area contributed by atoms with E-state index in [1.165, 1.54) is 193 Å². The maximum Gasteiger partial charge on any atom is 0.306 e. The van der Waals surface area contributed by atoms with Crippen molar-refractivity contribution in [1.29, 1.82) is 0 Å². The van der Waals surface area contributed by atoms with E-state index in [4.69, 9.17) is 13.8 Å². The Labute approximate surface area is 526 Å². The topological polar surface area (TPSA) is 114 Å². The molecule has 1 N–H and O–H groups in total. The summed E-state index contributed by atoms with van der Waals surface area (Å²) in [7, 11) is 1.18. The van der Waals surface area contributed by atoms with E-state index >= 15 is 0 Å². The molecule has 494 valence electrons. The van der Waals surface area contributed by atoms with Crippen molar-refractivity contribution in [2.75, 3.05) is 40.9 Å². The first-order valence-corrected chi connectivity index (χ1v) is 37.4. The van der Waals surface area contributed by atoms with Gasteiger partial charge in [0.05, 0.1) is 33.8 Å². The Balaban J connectivity index is 5.12. The first-order chi connectivity index (χ1) is 41.4. The highest BCUT2D eigenvalue weighted by Gasteiger charge is 2.27. The lowest BCUT2D eigenvalue weighted by molar-refractivity contribution is -0.870. The average Bonchev–Trinajstić information content (AvgIpc) is 3.48. The number of nitrogens with zero attached hydrogens (tertiary/aromatic N) is 1. The zero-order valence-electron chi connectivity index (χ0n) is 56.6. The van der Waals surface area contributed by atoms with Crippen molar-refractivity contribution in [1.82, 2.24) is 5.32 Å². The molecule has 0 radical (unpaired) electrons. The van der Waals surface area contributed by atoms with Gasteiger partial charge in [-0.3, -0.25) is 14.2 Å². The standard InChI is InChI=1S/C75H137N2O7P/c1-7-10-13-16-19-22-25-28-30-32-34-36-37-38-39-41-43-45-47-50-53-56-59-62-65-68-75(79)84-73(66-63-60-57-54-51-48-27-24-21-18-15-12-9-3)72(71-83-85(80,81)82-70-69-77(4,5)6)76-74(78)67-64-61-58-55-52-49-46-44-42-40-35-33-31-29-26-23-20-17-14-11-8-2/h10,13,19,22,28-31,34,36,38-39,63,66,72-73H,7-9,11-12,14-18,20-21,23-27,32-33,35,37,40-62,64-65,67-71H2,1-6H3,(H-,76,78,80,81)/b13-10-,22-19-,30-28-,31-29+,36-34-,39-38-,66-63+. The van der Waals surface area contributed by atoms with Crippen LogP contribution < -0.4 is 10.2 Å². The normalized spacial score (nSPS) is 14.0. The molecule has 0 fully saturated rings. The molecule has 0 aromatic rings. The van der Waals surface area contributed by atoms with Gasteiger partial charge in [0.2, 0.25) is 5.91 Å². The summed E-state index contributed by atoms with van der Waals surface area (Å²) >= 11 is 0. The Morgan fingerprint density at radius 1 is 0.424 bits per heavy atom. The lowest BCUT2D eigenvalue weighted by atomic mass is 10.0. The number of hydrogen-bond acceptors (Lipinski definition) is 7. The first-order valence-electron chi connectivity index (χ1n) is 35.9. The Hall–Kier alpha value is -2.81. The molecule has 0 saturated heterocycles. The van der Waals surface area contributed by atoms with E-state index in [-0.39, 0.29) is 24.9 Å². The lowest BCUT2D eigenvalue weighted by Gasteiger charge is -2.30. The van der Waals surface area contributed by atoms with Gasteiger partial charge in [-0.25, -0.2) is 0 Å². The van der Waals surface area contributed by atoms with E-state index in [1.807, 2.05) is 33.3 Å². The van der Waals surface area contributed by atoms with Gasteiger partial charge < -0.3 is 28.5 Å². The predicted octanol–water partition coefficient (Wildman–Crippen LogP) is 22.3. The van der Waals surface area contributed by atoms with E-state index in [0.717, 1.165) is 103 Å². The van der Waals surface area contributed by atoms with Gasteiger partial charge in [-0.1, -0.05) is 299 Å². The number of likely N-dealkylation sites (N-methyl/N-ethyl adjacent to an activating group) is 1. The molecule has 1 amide bonds. The van der Waals surface area contributed by atoms with Crippen LogP contribution in [0.5, 0.6) is 0 Å². The highest BCUT2D eigenvalue weighted by atomic mass is 31.2. The number of phosphoric acid groups is 1. The fraction of sp³-hybridized carbons (Fsp3) is 0.787. The first kappa shape index (κ1) is 82.2. The molecule has 10 heteroatoms. The summed E-state index contributed by atoms with van der Waals surface area (Å²) in [5.41, 5.74) is 0. The molecule has 0 aromatic carbocycles. The number of hydrogen-bond donors (Lipinski definition) is 1. The van der Waals surface area contributed by atoms with Crippen LogP contribution in [0.25, 0.3) is 0 Å². The second-order valence-corrected chi connectivity index (χ2v) is 26.8. The summed E-state index contributed by atoms with van der Waals surface area (Å²) in [6, 6.07) is -0.896. The number of esters is 1. The van der Waals surface area contributed by atoms with Crippen molar-refractivity contribution in [2.24, 2.45) is 0 Å². The van der Waals surface area contributed by atoms with Gasteiger partial charge in [0, 0.05) is 12.8 Å². The summed E-state index contributed by atoms with van der Waals surface area (Å²) in [6.07, 6.45) is 85.6. The average molecular weight is 1210 g/mol. The van der Waals surface area contributed by atoms with Gasteiger partial charge in [0.25, 0.3) is 7.82 Å². The van der Waals surface area contributed by atoms with Gasteiger partial charge >= 0.3 is 5.97 Å². The molecule has 9 nitrogen and oxygen atoms in total. The number of nitrogens with one attached hydrogen (secondary N) is 1. The van der Waals surface area contributed by atoms with Crippen molar-refractivity contribution in [2.45, 2.75) is 341 Å². The summed E-state index contributed by atoms with van der Waals surface area (Å²) in [5, 5.41) is 3.05. The monoisotopic (exact) mass is 1210 g/mol. The fourth-order valence-corrected chi connectivity index (χ4v) is 11.0. The molecular formula is C75H137N2O7P. The van der Waals surface area contributed by atoms with Gasteiger partial charge in [-0.15, -0.1) is 0 Å².